The Morgan fingerprint density at radius 1 is 0.971 bits per heavy atom. The summed E-state index contributed by atoms with van der Waals surface area (Å²) in [4.78, 5) is 46.8. The number of pyridine rings is 1. The van der Waals surface area contributed by atoms with Crippen molar-refractivity contribution in [3.05, 3.63) is 88.3 Å². The van der Waals surface area contributed by atoms with Gasteiger partial charge >= 0.3 is 5.97 Å². The van der Waals surface area contributed by atoms with Crippen LogP contribution in [-0.2, 0) is 4.74 Å². The minimum Gasteiger partial charge on any atom is -0.465 e. The van der Waals surface area contributed by atoms with Gasteiger partial charge in [0, 0.05) is 29.1 Å². The number of aromatic nitrogens is 3. The minimum absolute atomic E-state index is 0.122. The summed E-state index contributed by atoms with van der Waals surface area (Å²) in [5, 5.41) is 2.80. The molecule has 2 aromatic carbocycles. The predicted molar refractivity (Wildman–Crippen MR) is 132 cm³/mol. The average molecular weight is 469 g/mol. The quantitative estimate of drug-likeness (QED) is 0.429. The number of rotatable bonds is 5. The monoisotopic (exact) mass is 468 g/mol. The van der Waals surface area contributed by atoms with Crippen LogP contribution in [0.4, 0.5) is 5.69 Å². The van der Waals surface area contributed by atoms with Crippen LogP contribution in [0, 0.1) is 0 Å². The number of nitrogens with one attached hydrogen (secondary N) is 1. The number of ether oxygens (including phenoxy) is 1. The number of hydrogen-bond acceptors (Lipinski definition) is 6. The highest BCUT2D eigenvalue weighted by molar-refractivity contribution is 6.04. The molecule has 0 saturated heterocycles. The molecule has 0 unspecified atom stereocenters. The first-order valence-electron chi connectivity index (χ1n) is 11.5. The molecular formula is C27H24N4O4. The van der Waals surface area contributed by atoms with E-state index in [0.717, 1.165) is 25.7 Å². The molecule has 1 saturated carbocycles. The summed E-state index contributed by atoms with van der Waals surface area (Å²) in [5.74, 6) is -0.745. The Labute approximate surface area is 201 Å². The average Bonchev–Trinajstić information content (AvgIpc) is 3.43. The van der Waals surface area contributed by atoms with E-state index in [1.807, 2.05) is 12.1 Å². The van der Waals surface area contributed by atoms with E-state index in [0.29, 0.717) is 39.2 Å². The molecule has 1 amide bonds. The van der Waals surface area contributed by atoms with Gasteiger partial charge in [0.2, 0.25) is 0 Å². The third kappa shape index (κ3) is 4.42. The fourth-order valence-electron chi connectivity index (χ4n) is 4.52. The number of amides is 1. The van der Waals surface area contributed by atoms with Crippen LogP contribution in [0.2, 0.25) is 0 Å². The summed E-state index contributed by atoms with van der Waals surface area (Å²) >= 11 is 0. The molecule has 0 bridgehead atoms. The highest BCUT2D eigenvalue weighted by Gasteiger charge is 2.23. The van der Waals surface area contributed by atoms with E-state index in [1.165, 1.54) is 7.11 Å². The van der Waals surface area contributed by atoms with Crippen molar-refractivity contribution in [1.82, 2.24) is 14.5 Å². The lowest BCUT2D eigenvalue weighted by Crippen LogP contribution is -2.27. The van der Waals surface area contributed by atoms with Crippen molar-refractivity contribution in [2.24, 2.45) is 0 Å². The van der Waals surface area contributed by atoms with Crippen LogP contribution >= 0.6 is 0 Å². The van der Waals surface area contributed by atoms with Crippen molar-refractivity contribution < 1.29 is 14.3 Å². The lowest BCUT2D eigenvalue weighted by Gasteiger charge is -2.17. The zero-order valence-electron chi connectivity index (χ0n) is 19.2. The zero-order chi connectivity index (χ0) is 24.4. The Kier molecular flexibility index (Phi) is 6.10. The van der Waals surface area contributed by atoms with Crippen molar-refractivity contribution in [3.63, 3.8) is 0 Å². The number of nitrogens with zero attached hydrogens (tertiary/aromatic N) is 3. The number of carbonyl (C=O) groups excluding carboxylic acids is 2. The smallest absolute Gasteiger partial charge is 0.337 e. The van der Waals surface area contributed by atoms with Crippen LogP contribution < -0.4 is 10.9 Å². The van der Waals surface area contributed by atoms with E-state index in [4.69, 9.17) is 0 Å². The summed E-state index contributed by atoms with van der Waals surface area (Å²) in [7, 11) is 1.32. The predicted octanol–water partition coefficient (Wildman–Crippen LogP) is 4.61. The number of hydrogen-bond donors (Lipinski definition) is 1. The topological polar surface area (TPSA) is 103 Å². The summed E-state index contributed by atoms with van der Waals surface area (Å²) in [6.45, 7) is 0. The van der Waals surface area contributed by atoms with Crippen molar-refractivity contribution in [2.45, 2.75) is 31.7 Å². The molecule has 2 heterocycles. The van der Waals surface area contributed by atoms with E-state index >= 15 is 0 Å². The molecule has 2 aromatic heterocycles. The van der Waals surface area contributed by atoms with Gasteiger partial charge in [0.1, 0.15) is 11.2 Å². The fraction of sp³-hybridized carbons (Fsp3) is 0.222. The van der Waals surface area contributed by atoms with Gasteiger partial charge in [0.05, 0.1) is 12.7 Å². The van der Waals surface area contributed by atoms with Gasteiger partial charge in [-0.05, 0) is 61.4 Å². The largest absolute Gasteiger partial charge is 0.465 e. The molecule has 0 radical (unpaired) electrons. The maximum atomic E-state index is 13.5. The molecule has 1 aliphatic rings. The number of anilines is 1. The van der Waals surface area contributed by atoms with Crippen LogP contribution in [0.3, 0.4) is 0 Å². The fourth-order valence-corrected chi connectivity index (χ4v) is 4.52. The van der Waals surface area contributed by atoms with E-state index in [-0.39, 0.29) is 17.5 Å². The molecule has 8 heteroatoms. The molecule has 0 aliphatic heterocycles. The Balaban J connectivity index is 1.42. The first-order chi connectivity index (χ1) is 17.0. The van der Waals surface area contributed by atoms with Crippen LogP contribution in [0.15, 0.2) is 71.7 Å². The zero-order valence-corrected chi connectivity index (χ0v) is 19.2. The van der Waals surface area contributed by atoms with Gasteiger partial charge in [-0.25, -0.2) is 14.8 Å². The lowest BCUT2D eigenvalue weighted by molar-refractivity contribution is 0.0600. The first-order valence-corrected chi connectivity index (χ1v) is 11.5. The van der Waals surface area contributed by atoms with Gasteiger partial charge in [0.15, 0.2) is 5.65 Å². The second-order valence-electron chi connectivity index (χ2n) is 8.52. The molecule has 1 N–H and O–H groups in total. The second kappa shape index (κ2) is 9.50. The minimum atomic E-state index is -0.441. The van der Waals surface area contributed by atoms with E-state index in [1.54, 1.807) is 59.3 Å². The molecule has 5 rings (SSSR count). The van der Waals surface area contributed by atoms with Crippen LogP contribution in [0.25, 0.3) is 22.4 Å². The van der Waals surface area contributed by atoms with Gasteiger partial charge in [-0.15, -0.1) is 0 Å². The number of esters is 1. The van der Waals surface area contributed by atoms with Gasteiger partial charge in [-0.2, -0.15) is 0 Å². The molecule has 1 fully saturated rings. The van der Waals surface area contributed by atoms with E-state index in [9.17, 15) is 14.4 Å². The highest BCUT2D eigenvalue weighted by Crippen LogP contribution is 2.31. The van der Waals surface area contributed by atoms with Gasteiger partial charge in [-0.3, -0.25) is 14.2 Å². The Hall–Kier alpha value is -4.33. The lowest BCUT2D eigenvalue weighted by atomic mass is 10.1. The third-order valence-electron chi connectivity index (χ3n) is 6.32. The van der Waals surface area contributed by atoms with Gasteiger partial charge in [0.25, 0.3) is 11.5 Å². The summed E-state index contributed by atoms with van der Waals surface area (Å²) in [5.41, 5.74) is 3.50. The maximum Gasteiger partial charge on any atom is 0.337 e. The van der Waals surface area contributed by atoms with E-state index < -0.39 is 5.97 Å². The van der Waals surface area contributed by atoms with Crippen LogP contribution in [0.5, 0.6) is 0 Å². The van der Waals surface area contributed by atoms with Gasteiger partial charge < -0.3 is 10.1 Å². The molecule has 0 spiro atoms. The standard InChI is InChI=1S/C27H24N4O4/c1-35-27(34)19-12-14-20(15-13-19)29-25(32)18-10-8-17(9-11-18)23-26(33)31(21-5-2-3-6-21)24-22(30-23)7-4-16-28-24/h4,7-16,21H,2-3,5-6H2,1H3,(H,29,32). The third-order valence-corrected chi connectivity index (χ3v) is 6.32. The summed E-state index contributed by atoms with van der Waals surface area (Å²) in [6.07, 6.45) is 5.78. The highest BCUT2D eigenvalue weighted by atomic mass is 16.5. The molecule has 35 heavy (non-hydrogen) atoms. The molecule has 8 nitrogen and oxygen atoms in total. The second-order valence-corrected chi connectivity index (χ2v) is 8.52. The SMILES string of the molecule is COC(=O)c1ccc(NC(=O)c2ccc(-c3nc4cccnc4n(C4CCCC4)c3=O)cc2)cc1. The number of fused-ring (bicyclic) bond motifs is 1. The number of methoxy groups -OCH3 is 1. The molecule has 1 aliphatic carbocycles. The molecular weight excluding hydrogens is 444 g/mol. The van der Waals surface area contributed by atoms with E-state index in [2.05, 4.69) is 20.0 Å². The maximum absolute atomic E-state index is 13.5. The van der Waals surface area contributed by atoms with Gasteiger partial charge in [-0.1, -0.05) is 25.0 Å². The van der Waals surface area contributed by atoms with Crippen LogP contribution in [0.1, 0.15) is 52.4 Å². The Bertz CT molecular complexity index is 1450. The first kappa shape index (κ1) is 22.5. The Morgan fingerprint density at radius 3 is 2.34 bits per heavy atom. The number of benzene rings is 2. The molecule has 4 aromatic rings. The Morgan fingerprint density at radius 2 is 1.66 bits per heavy atom. The summed E-state index contributed by atoms with van der Waals surface area (Å²) < 4.78 is 6.48. The molecule has 176 valence electrons. The van der Waals surface area contributed by atoms with Crippen molar-refractivity contribution in [1.29, 1.82) is 0 Å². The summed E-state index contributed by atoms with van der Waals surface area (Å²) in [6, 6.07) is 17.0. The van der Waals surface area contributed by atoms with Crippen molar-refractivity contribution in [2.75, 3.05) is 12.4 Å². The number of carbonyl (C=O) groups is 2. The molecule has 0 atom stereocenters. The van der Waals surface area contributed by atoms with Crippen molar-refractivity contribution >= 4 is 28.7 Å². The normalized spacial score (nSPS) is 13.6. The van der Waals surface area contributed by atoms with Crippen molar-refractivity contribution in [3.8, 4) is 11.3 Å². The van der Waals surface area contributed by atoms with Crippen LogP contribution in [-0.4, -0.2) is 33.5 Å².